The van der Waals surface area contributed by atoms with Crippen LogP contribution in [0.25, 0.3) is 16.5 Å². The smallest absolute Gasteiger partial charge is 0.188 e. The minimum absolute atomic E-state index is 0.00131. The number of aromatic nitrogens is 1. The molecule has 0 saturated heterocycles. The number of methoxy groups -OCH3 is 1. The summed E-state index contributed by atoms with van der Waals surface area (Å²) < 4.78 is 13.1. The van der Waals surface area contributed by atoms with Crippen LogP contribution in [0.3, 0.4) is 0 Å². The second-order valence-electron chi connectivity index (χ2n) is 5.64. The normalized spacial score (nSPS) is 10.8. The van der Waals surface area contributed by atoms with Crippen LogP contribution < -0.4 is 14.9 Å². The predicted octanol–water partition coefficient (Wildman–Crippen LogP) is 4.01. The fourth-order valence-corrected chi connectivity index (χ4v) is 3.25. The average molecular weight is 323 g/mol. The van der Waals surface area contributed by atoms with E-state index in [1.807, 2.05) is 51.1 Å². The molecule has 0 saturated carbocycles. The van der Waals surface area contributed by atoms with Crippen LogP contribution in [0.15, 0.2) is 47.3 Å². The maximum absolute atomic E-state index is 12.5. The molecule has 0 aliphatic carbocycles. The molecule has 0 radical (unpaired) electrons. The van der Waals surface area contributed by atoms with E-state index in [1.54, 1.807) is 19.2 Å². The van der Waals surface area contributed by atoms with Gasteiger partial charge < -0.3 is 14.0 Å². The van der Waals surface area contributed by atoms with Crippen LogP contribution in [0.2, 0.25) is 0 Å². The van der Waals surface area contributed by atoms with Crippen LogP contribution in [0, 0.1) is 13.8 Å². The fraction of sp³-hybridized carbons (Fsp3) is 0.250. The van der Waals surface area contributed by atoms with E-state index in [2.05, 4.69) is 4.57 Å². The standard InChI is InChI=1S/C20H21NO3/c1-5-24-16-11-9-15(10-12-16)21-13(2)19-17(22)7-6-8-18(23-4)20(19)14(21)3/h6-12H,5H2,1-4H3. The summed E-state index contributed by atoms with van der Waals surface area (Å²) in [5, 5.41) is 1.56. The first-order chi connectivity index (χ1) is 11.6. The summed E-state index contributed by atoms with van der Waals surface area (Å²) in [6.07, 6.45) is 0. The zero-order valence-corrected chi connectivity index (χ0v) is 14.4. The lowest BCUT2D eigenvalue weighted by Crippen LogP contribution is -2.01. The predicted molar refractivity (Wildman–Crippen MR) is 96.7 cm³/mol. The Morgan fingerprint density at radius 2 is 1.62 bits per heavy atom. The molecular formula is C20H21NO3. The van der Waals surface area contributed by atoms with Gasteiger partial charge in [0.15, 0.2) is 5.43 Å². The third-order valence-electron chi connectivity index (χ3n) is 4.26. The molecule has 0 bridgehead atoms. The SMILES string of the molecule is CCOc1ccc(-n2c(C)c3c(OC)cccc(=O)c3c2C)cc1. The Hall–Kier alpha value is -2.75. The molecule has 1 aromatic heterocycles. The van der Waals surface area contributed by atoms with E-state index in [-0.39, 0.29) is 5.43 Å². The van der Waals surface area contributed by atoms with Gasteiger partial charge in [0.1, 0.15) is 11.5 Å². The second-order valence-corrected chi connectivity index (χ2v) is 5.64. The minimum atomic E-state index is -0.00131. The van der Waals surface area contributed by atoms with E-state index >= 15 is 0 Å². The first-order valence-corrected chi connectivity index (χ1v) is 8.00. The summed E-state index contributed by atoms with van der Waals surface area (Å²) in [6, 6.07) is 13.0. The average Bonchev–Trinajstić information content (AvgIpc) is 2.73. The number of rotatable bonds is 4. The van der Waals surface area contributed by atoms with Crippen molar-refractivity contribution >= 4 is 10.8 Å². The quantitative estimate of drug-likeness (QED) is 0.728. The lowest BCUT2D eigenvalue weighted by Gasteiger charge is -2.11. The number of benzene rings is 1. The van der Waals surface area contributed by atoms with Crippen LogP contribution in [-0.4, -0.2) is 18.3 Å². The van der Waals surface area contributed by atoms with Crippen molar-refractivity contribution in [2.45, 2.75) is 20.8 Å². The molecule has 1 heterocycles. The van der Waals surface area contributed by atoms with Crippen molar-refractivity contribution in [3.8, 4) is 17.2 Å². The minimum Gasteiger partial charge on any atom is -0.496 e. The summed E-state index contributed by atoms with van der Waals surface area (Å²) >= 11 is 0. The third kappa shape index (κ3) is 2.54. The van der Waals surface area contributed by atoms with Crippen molar-refractivity contribution < 1.29 is 9.47 Å². The van der Waals surface area contributed by atoms with Gasteiger partial charge in [-0.1, -0.05) is 6.07 Å². The van der Waals surface area contributed by atoms with Crippen LogP contribution in [0.1, 0.15) is 18.3 Å². The molecular weight excluding hydrogens is 302 g/mol. The van der Waals surface area contributed by atoms with Crippen molar-refractivity contribution in [1.82, 2.24) is 4.57 Å². The third-order valence-corrected chi connectivity index (χ3v) is 4.26. The number of aryl methyl sites for hydroxylation is 2. The van der Waals surface area contributed by atoms with Crippen molar-refractivity contribution in [2.75, 3.05) is 13.7 Å². The highest BCUT2D eigenvalue weighted by Gasteiger charge is 2.17. The number of ether oxygens (including phenoxy) is 2. The highest BCUT2D eigenvalue weighted by atomic mass is 16.5. The van der Waals surface area contributed by atoms with Crippen LogP contribution >= 0.6 is 0 Å². The Morgan fingerprint density at radius 3 is 2.25 bits per heavy atom. The topological polar surface area (TPSA) is 40.5 Å². The fourth-order valence-electron chi connectivity index (χ4n) is 3.25. The number of nitrogens with zero attached hydrogens (tertiary/aromatic N) is 1. The highest BCUT2D eigenvalue weighted by Crippen LogP contribution is 2.32. The molecule has 0 aliphatic heterocycles. The van der Waals surface area contributed by atoms with Crippen molar-refractivity contribution in [3.63, 3.8) is 0 Å². The van der Waals surface area contributed by atoms with E-state index in [0.717, 1.165) is 28.2 Å². The number of hydrogen-bond acceptors (Lipinski definition) is 3. The molecule has 0 atom stereocenters. The largest absolute Gasteiger partial charge is 0.496 e. The van der Waals surface area contributed by atoms with Crippen LogP contribution in [-0.2, 0) is 0 Å². The Morgan fingerprint density at radius 1 is 0.958 bits per heavy atom. The molecule has 0 amide bonds. The molecule has 0 N–H and O–H groups in total. The number of hydrogen-bond donors (Lipinski definition) is 0. The Labute approximate surface area is 141 Å². The maximum atomic E-state index is 12.5. The van der Waals surface area contributed by atoms with Gasteiger partial charge >= 0.3 is 0 Å². The van der Waals surface area contributed by atoms with Gasteiger partial charge in [0.2, 0.25) is 0 Å². The van der Waals surface area contributed by atoms with Crippen molar-refractivity contribution in [1.29, 1.82) is 0 Å². The molecule has 0 spiro atoms. The summed E-state index contributed by atoms with van der Waals surface area (Å²) in [4.78, 5) is 12.5. The van der Waals surface area contributed by atoms with Gasteiger partial charge in [0.05, 0.1) is 19.1 Å². The summed E-state index contributed by atoms with van der Waals surface area (Å²) in [5.74, 6) is 1.54. The van der Waals surface area contributed by atoms with Gasteiger partial charge in [0, 0.05) is 22.5 Å². The molecule has 0 aliphatic rings. The van der Waals surface area contributed by atoms with Gasteiger partial charge in [-0.25, -0.2) is 0 Å². The van der Waals surface area contributed by atoms with Crippen molar-refractivity contribution in [2.24, 2.45) is 0 Å². The Bertz CT molecular complexity index is 940. The monoisotopic (exact) mass is 323 g/mol. The van der Waals surface area contributed by atoms with E-state index in [9.17, 15) is 4.79 Å². The van der Waals surface area contributed by atoms with Gasteiger partial charge in [-0.05, 0) is 57.2 Å². The molecule has 124 valence electrons. The van der Waals surface area contributed by atoms with Gasteiger partial charge in [-0.3, -0.25) is 4.79 Å². The second kappa shape index (κ2) is 6.40. The Balaban J connectivity index is 2.30. The molecule has 24 heavy (non-hydrogen) atoms. The molecule has 0 fully saturated rings. The van der Waals surface area contributed by atoms with E-state index in [1.165, 1.54) is 0 Å². The highest BCUT2D eigenvalue weighted by molar-refractivity contribution is 5.93. The Kier molecular flexibility index (Phi) is 4.30. The molecule has 3 aromatic rings. The van der Waals surface area contributed by atoms with Crippen molar-refractivity contribution in [3.05, 3.63) is 64.1 Å². The maximum Gasteiger partial charge on any atom is 0.188 e. The molecule has 4 nitrogen and oxygen atoms in total. The first kappa shape index (κ1) is 16.1. The lowest BCUT2D eigenvalue weighted by molar-refractivity contribution is 0.340. The summed E-state index contributed by atoms with van der Waals surface area (Å²) in [7, 11) is 1.63. The summed E-state index contributed by atoms with van der Waals surface area (Å²) in [6.45, 7) is 6.57. The molecule has 4 heteroatoms. The van der Waals surface area contributed by atoms with E-state index in [0.29, 0.717) is 17.7 Å². The van der Waals surface area contributed by atoms with Crippen LogP contribution in [0.5, 0.6) is 11.5 Å². The molecule has 3 rings (SSSR count). The van der Waals surface area contributed by atoms with Gasteiger partial charge in [-0.2, -0.15) is 0 Å². The van der Waals surface area contributed by atoms with E-state index < -0.39 is 0 Å². The molecule has 0 unspecified atom stereocenters. The van der Waals surface area contributed by atoms with Crippen LogP contribution in [0.4, 0.5) is 0 Å². The number of fused-ring (bicyclic) bond motifs is 1. The molecule has 2 aromatic carbocycles. The zero-order valence-electron chi connectivity index (χ0n) is 14.4. The first-order valence-electron chi connectivity index (χ1n) is 8.00. The van der Waals surface area contributed by atoms with E-state index in [4.69, 9.17) is 9.47 Å². The zero-order chi connectivity index (χ0) is 17.3. The van der Waals surface area contributed by atoms with Gasteiger partial charge in [0.25, 0.3) is 0 Å². The van der Waals surface area contributed by atoms with Gasteiger partial charge in [-0.15, -0.1) is 0 Å². The summed E-state index contributed by atoms with van der Waals surface area (Å²) in [5.41, 5.74) is 2.88. The lowest BCUT2D eigenvalue weighted by atomic mass is 10.2.